The van der Waals surface area contributed by atoms with Gasteiger partial charge in [0.1, 0.15) is 5.75 Å². The molecule has 0 aliphatic rings. The molecule has 6 nitrogen and oxygen atoms in total. The summed E-state index contributed by atoms with van der Waals surface area (Å²) in [4.78, 5) is 16.4. The number of pyridine rings is 1. The van der Waals surface area contributed by atoms with Crippen molar-refractivity contribution >= 4 is 17.5 Å². The molecule has 25 heavy (non-hydrogen) atoms. The summed E-state index contributed by atoms with van der Waals surface area (Å²) in [5.74, 6) is 0.204. The van der Waals surface area contributed by atoms with Crippen LogP contribution in [0.5, 0.6) is 5.75 Å². The number of ether oxygens (including phenoxy) is 1. The Bertz CT molecular complexity index is 893. The molecule has 2 aromatic heterocycles. The van der Waals surface area contributed by atoms with Crippen molar-refractivity contribution in [2.75, 3.05) is 7.11 Å². The number of nitrogens with one attached hydrogen (secondary N) is 1. The van der Waals surface area contributed by atoms with Gasteiger partial charge >= 0.3 is 0 Å². The Morgan fingerprint density at radius 1 is 1.24 bits per heavy atom. The fourth-order valence-corrected chi connectivity index (χ4v) is 2.70. The number of aromatic nitrogens is 3. The van der Waals surface area contributed by atoms with Gasteiger partial charge in [-0.3, -0.25) is 14.5 Å². The quantitative estimate of drug-likeness (QED) is 0.762. The Hall–Kier alpha value is -2.86. The summed E-state index contributed by atoms with van der Waals surface area (Å²) >= 11 is 5.97. The number of carbonyl (C=O) groups is 1. The van der Waals surface area contributed by atoms with Crippen LogP contribution in [0.25, 0.3) is 11.3 Å². The number of halogens is 1. The van der Waals surface area contributed by atoms with Gasteiger partial charge in [-0.25, -0.2) is 0 Å². The Morgan fingerprint density at radius 2 is 2.00 bits per heavy atom. The maximum Gasteiger partial charge on any atom is 0.255 e. The van der Waals surface area contributed by atoms with Crippen LogP contribution in [-0.2, 0) is 13.6 Å². The van der Waals surface area contributed by atoms with Crippen molar-refractivity contribution in [2.24, 2.45) is 7.05 Å². The molecule has 0 aliphatic heterocycles. The highest BCUT2D eigenvalue weighted by atomic mass is 35.5. The molecule has 128 valence electrons. The molecule has 1 N–H and O–H groups in total. The molecule has 3 aromatic rings. The van der Waals surface area contributed by atoms with Gasteiger partial charge in [0.2, 0.25) is 0 Å². The largest absolute Gasteiger partial charge is 0.496 e. The van der Waals surface area contributed by atoms with Crippen LogP contribution in [0.1, 0.15) is 16.1 Å². The fraction of sp³-hybridized carbons (Fsp3) is 0.167. The number of carbonyl (C=O) groups excluding carboxylic acids is 1. The molecule has 0 atom stereocenters. The number of methoxy groups -OCH3 is 1. The average molecular weight is 357 g/mol. The zero-order valence-corrected chi connectivity index (χ0v) is 14.6. The molecule has 7 heteroatoms. The second kappa shape index (κ2) is 7.36. The summed E-state index contributed by atoms with van der Waals surface area (Å²) in [5.41, 5.74) is 3.11. The van der Waals surface area contributed by atoms with Crippen molar-refractivity contribution in [2.45, 2.75) is 6.54 Å². The lowest BCUT2D eigenvalue weighted by Crippen LogP contribution is -2.23. The van der Waals surface area contributed by atoms with E-state index in [4.69, 9.17) is 16.3 Å². The zero-order valence-electron chi connectivity index (χ0n) is 13.9. The lowest BCUT2D eigenvalue weighted by Gasteiger charge is -2.08. The number of aryl methyl sites for hydroxylation is 1. The summed E-state index contributed by atoms with van der Waals surface area (Å²) in [6.07, 6.45) is 3.46. The van der Waals surface area contributed by atoms with Crippen molar-refractivity contribution in [1.82, 2.24) is 20.1 Å². The third-order valence-corrected chi connectivity index (χ3v) is 3.98. The molecule has 1 amide bonds. The van der Waals surface area contributed by atoms with Crippen LogP contribution in [0.15, 0.2) is 48.8 Å². The molecular formula is C18H17ClN4O2. The van der Waals surface area contributed by atoms with Gasteiger partial charge in [0.05, 0.1) is 30.6 Å². The lowest BCUT2D eigenvalue weighted by molar-refractivity contribution is 0.0947. The van der Waals surface area contributed by atoms with Crippen LogP contribution >= 0.6 is 11.6 Å². The minimum atomic E-state index is -0.268. The van der Waals surface area contributed by atoms with Crippen molar-refractivity contribution in [3.05, 3.63) is 65.1 Å². The molecule has 2 heterocycles. The van der Waals surface area contributed by atoms with Gasteiger partial charge in [-0.2, -0.15) is 5.10 Å². The van der Waals surface area contributed by atoms with E-state index in [0.29, 0.717) is 22.9 Å². The molecule has 0 unspecified atom stereocenters. The minimum Gasteiger partial charge on any atom is -0.496 e. The third-order valence-electron chi connectivity index (χ3n) is 3.74. The van der Waals surface area contributed by atoms with E-state index in [1.807, 2.05) is 25.2 Å². The topological polar surface area (TPSA) is 69.0 Å². The SMILES string of the molecule is COc1ccc(Cl)cc1C(=O)NCc1cc(-c2ccncc2)n(C)n1. The van der Waals surface area contributed by atoms with Crippen LogP contribution in [0.2, 0.25) is 5.02 Å². The average Bonchev–Trinajstić information content (AvgIpc) is 3.01. The van der Waals surface area contributed by atoms with E-state index in [-0.39, 0.29) is 5.91 Å². The first-order valence-electron chi connectivity index (χ1n) is 7.63. The fourth-order valence-electron chi connectivity index (χ4n) is 2.53. The number of nitrogens with zero attached hydrogens (tertiary/aromatic N) is 3. The van der Waals surface area contributed by atoms with Crippen molar-refractivity contribution < 1.29 is 9.53 Å². The summed E-state index contributed by atoms with van der Waals surface area (Å²) in [6, 6.07) is 10.7. The Labute approximate surface area is 150 Å². The summed E-state index contributed by atoms with van der Waals surface area (Å²) in [6.45, 7) is 0.299. The summed E-state index contributed by atoms with van der Waals surface area (Å²) in [5, 5.41) is 7.76. The van der Waals surface area contributed by atoms with Crippen molar-refractivity contribution in [3.63, 3.8) is 0 Å². The molecule has 0 saturated carbocycles. The molecular weight excluding hydrogens is 340 g/mol. The standard InChI is InChI=1S/C18H17ClN4O2/c1-23-16(12-5-7-20-8-6-12)10-14(22-23)11-21-18(24)15-9-13(19)3-4-17(15)25-2/h3-10H,11H2,1-2H3,(H,21,24). The Morgan fingerprint density at radius 3 is 2.72 bits per heavy atom. The lowest BCUT2D eigenvalue weighted by atomic mass is 10.1. The van der Waals surface area contributed by atoms with Gasteiger partial charge in [-0.05, 0) is 36.4 Å². The summed E-state index contributed by atoms with van der Waals surface area (Å²) < 4.78 is 6.98. The van der Waals surface area contributed by atoms with Crippen LogP contribution in [-0.4, -0.2) is 27.8 Å². The van der Waals surface area contributed by atoms with Gasteiger partial charge in [-0.1, -0.05) is 11.6 Å². The highest BCUT2D eigenvalue weighted by Crippen LogP contribution is 2.23. The Balaban J connectivity index is 1.74. The molecule has 0 aliphatic carbocycles. The second-order valence-corrected chi connectivity index (χ2v) is 5.84. The first-order valence-corrected chi connectivity index (χ1v) is 8.01. The maximum atomic E-state index is 12.4. The molecule has 0 bridgehead atoms. The first-order chi connectivity index (χ1) is 12.1. The van der Waals surface area contributed by atoms with Crippen LogP contribution in [0.3, 0.4) is 0 Å². The van der Waals surface area contributed by atoms with Crippen LogP contribution < -0.4 is 10.1 Å². The number of hydrogen-bond donors (Lipinski definition) is 1. The molecule has 3 rings (SSSR count). The van der Waals surface area contributed by atoms with E-state index in [0.717, 1.165) is 17.0 Å². The van der Waals surface area contributed by atoms with E-state index < -0.39 is 0 Å². The van der Waals surface area contributed by atoms with E-state index in [1.165, 1.54) is 7.11 Å². The molecule has 0 saturated heterocycles. The smallest absolute Gasteiger partial charge is 0.255 e. The van der Waals surface area contributed by atoms with Crippen molar-refractivity contribution in [3.8, 4) is 17.0 Å². The van der Waals surface area contributed by atoms with Crippen LogP contribution in [0, 0.1) is 0 Å². The number of hydrogen-bond acceptors (Lipinski definition) is 4. The Kier molecular flexibility index (Phi) is 5.00. The van der Waals surface area contributed by atoms with Gasteiger partial charge in [-0.15, -0.1) is 0 Å². The number of amides is 1. The molecule has 1 aromatic carbocycles. The number of benzene rings is 1. The van der Waals surface area contributed by atoms with E-state index in [9.17, 15) is 4.79 Å². The first kappa shape index (κ1) is 17.0. The van der Waals surface area contributed by atoms with Gasteiger partial charge < -0.3 is 10.1 Å². The van der Waals surface area contributed by atoms with Gasteiger partial charge in [0.15, 0.2) is 0 Å². The summed E-state index contributed by atoms with van der Waals surface area (Å²) in [7, 11) is 3.38. The van der Waals surface area contributed by atoms with Crippen LogP contribution in [0.4, 0.5) is 0 Å². The van der Waals surface area contributed by atoms with E-state index in [1.54, 1.807) is 35.3 Å². The van der Waals surface area contributed by atoms with Gasteiger partial charge in [0, 0.05) is 30.0 Å². The van der Waals surface area contributed by atoms with E-state index in [2.05, 4.69) is 15.4 Å². The predicted octanol–water partition coefficient (Wildman–Crippen LogP) is 3.07. The molecule has 0 radical (unpaired) electrons. The normalized spacial score (nSPS) is 10.5. The minimum absolute atomic E-state index is 0.268. The number of rotatable bonds is 5. The second-order valence-electron chi connectivity index (χ2n) is 5.41. The maximum absolute atomic E-state index is 12.4. The molecule has 0 fully saturated rings. The van der Waals surface area contributed by atoms with Gasteiger partial charge in [0.25, 0.3) is 5.91 Å². The highest BCUT2D eigenvalue weighted by molar-refractivity contribution is 6.31. The third kappa shape index (κ3) is 3.80. The monoisotopic (exact) mass is 356 g/mol. The highest BCUT2D eigenvalue weighted by Gasteiger charge is 2.14. The zero-order chi connectivity index (χ0) is 17.8. The van der Waals surface area contributed by atoms with Crippen molar-refractivity contribution in [1.29, 1.82) is 0 Å². The molecule has 0 spiro atoms. The van der Waals surface area contributed by atoms with E-state index >= 15 is 0 Å². The predicted molar refractivity (Wildman–Crippen MR) is 95.6 cm³/mol.